The highest BCUT2D eigenvalue weighted by molar-refractivity contribution is 7.99. The fourth-order valence-electron chi connectivity index (χ4n) is 1.32. The predicted octanol–water partition coefficient (Wildman–Crippen LogP) is 2.57. The van der Waals surface area contributed by atoms with Crippen LogP contribution in [0.1, 0.15) is 5.56 Å². The summed E-state index contributed by atoms with van der Waals surface area (Å²) in [7, 11) is 1.66. The highest BCUT2D eigenvalue weighted by atomic mass is 32.2. The highest BCUT2D eigenvalue weighted by Crippen LogP contribution is 2.39. The maximum absolute atomic E-state index is 12.8. The summed E-state index contributed by atoms with van der Waals surface area (Å²) in [5, 5.41) is 7.73. The van der Waals surface area contributed by atoms with Crippen molar-refractivity contribution in [1.29, 1.82) is 0 Å². The molecule has 0 aliphatic rings. The monoisotopic (exact) mass is 274 g/mol. The topological polar surface area (TPSA) is 56.7 Å². The molecule has 0 saturated carbocycles. The smallest absolute Gasteiger partial charge is 0.399 e. The zero-order valence-corrected chi connectivity index (χ0v) is 10.1. The van der Waals surface area contributed by atoms with Crippen LogP contribution in [0.15, 0.2) is 34.6 Å². The van der Waals surface area contributed by atoms with Gasteiger partial charge in [0.15, 0.2) is 5.16 Å². The van der Waals surface area contributed by atoms with E-state index in [4.69, 9.17) is 5.73 Å². The molecule has 0 fully saturated rings. The van der Waals surface area contributed by atoms with Gasteiger partial charge < -0.3 is 10.3 Å². The molecule has 0 saturated heterocycles. The number of hydrogen-bond donors (Lipinski definition) is 1. The average molecular weight is 274 g/mol. The molecule has 8 heteroatoms. The second kappa shape index (κ2) is 4.52. The quantitative estimate of drug-likeness (QED) is 0.855. The van der Waals surface area contributed by atoms with Crippen molar-refractivity contribution >= 4 is 17.4 Å². The third kappa shape index (κ3) is 2.58. The van der Waals surface area contributed by atoms with Crippen LogP contribution in [-0.4, -0.2) is 14.8 Å². The van der Waals surface area contributed by atoms with E-state index in [-0.39, 0.29) is 10.6 Å². The van der Waals surface area contributed by atoms with E-state index in [0.29, 0.717) is 5.16 Å². The lowest BCUT2D eigenvalue weighted by Crippen LogP contribution is -2.08. The van der Waals surface area contributed by atoms with Crippen molar-refractivity contribution < 1.29 is 13.2 Å². The van der Waals surface area contributed by atoms with Crippen molar-refractivity contribution in [3.63, 3.8) is 0 Å². The summed E-state index contributed by atoms with van der Waals surface area (Å²) in [6, 6.07) is 3.67. The number of rotatable bonds is 2. The van der Waals surface area contributed by atoms with Crippen LogP contribution in [0.3, 0.4) is 0 Å². The molecule has 1 aromatic carbocycles. The van der Waals surface area contributed by atoms with E-state index in [9.17, 15) is 13.2 Å². The summed E-state index contributed by atoms with van der Waals surface area (Å²) >= 11 is 0.897. The summed E-state index contributed by atoms with van der Waals surface area (Å²) < 4.78 is 40.1. The molecule has 1 aromatic heterocycles. The standard InChI is InChI=1S/C10H9F3N4S/c1-17-5-15-16-9(17)18-8-3-2-6(14)4-7(8)10(11,12)13/h2-5H,14H2,1H3. The van der Waals surface area contributed by atoms with Gasteiger partial charge >= 0.3 is 6.18 Å². The molecule has 0 radical (unpaired) electrons. The predicted molar refractivity (Wildman–Crippen MR) is 61.0 cm³/mol. The number of anilines is 1. The van der Waals surface area contributed by atoms with Crippen molar-refractivity contribution in [2.45, 2.75) is 16.2 Å². The third-order valence-electron chi connectivity index (χ3n) is 2.18. The van der Waals surface area contributed by atoms with Crippen LogP contribution in [0, 0.1) is 0 Å². The molecule has 0 spiro atoms. The third-order valence-corrected chi connectivity index (χ3v) is 3.31. The van der Waals surface area contributed by atoms with Crippen molar-refractivity contribution in [2.24, 2.45) is 7.05 Å². The summed E-state index contributed by atoms with van der Waals surface area (Å²) in [5.74, 6) is 0. The van der Waals surface area contributed by atoms with Gasteiger partial charge in [-0.3, -0.25) is 0 Å². The fourth-order valence-corrected chi connectivity index (χ4v) is 2.22. The number of nitrogens with zero attached hydrogens (tertiary/aromatic N) is 3. The zero-order chi connectivity index (χ0) is 13.3. The Hall–Kier alpha value is -1.70. The molecular weight excluding hydrogens is 265 g/mol. The summed E-state index contributed by atoms with van der Waals surface area (Å²) in [4.78, 5) is 0.0489. The number of benzene rings is 1. The first-order valence-electron chi connectivity index (χ1n) is 4.86. The Morgan fingerprint density at radius 2 is 2.06 bits per heavy atom. The first kappa shape index (κ1) is 12.7. The second-order valence-electron chi connectivity index (χ2n) is 3.58. The van der Waals surface area contributed by atoms with E-state index < -0.39 is 11.7 Å². The maximum Gasteiger partial charge on any atom is 0.417 e. The summed E-state index contributed by atoms with van der Waals surface area (Å²) in [6.07, 6.45) is -3.02. The van der Waals surface area contributed by atoms with Crippen LogP contribution in [0.25, 0.3) is 0 Å². The minimum atomic E-state index is -4.45. The Morgan fingerprint density at radius 3 is 2.61 bits per heavy atom. The largest absolute Gasteiger partial charge is 0.417 e. The average Bonchev–Trinajstić information content (AvgIpc) is 2.66. The van der Waals surface area contributed by atoms with Gasteiger partial charge in [0.25, 0.3) is 0 Å². The van der Waals surface area contributed by atoms with Gasteiger partial charge in [0.2, 0.25) is 0 Å². The maximum atomic E-state index is 12.8. The Bertz CT molecular complexity index is 564. The lowest BCUT2D eigenvalue weighted by molar-refractivity contribution is -0.139. The molecule has 96 valence electrons. The zero-order valence-electron chi connectivity index (χ0n) is 9.27. The van der Waals surface area contributed by atoms with Gasteiger partial charge in [-0.1, -0.05) is 0 Å². The van der Waals surface area contributed by atoms with Crippen molar-refractivity contribution in [2.75, 3.05) is 5.73 Å². The molecule has 0 bridgehead atoms. The van der Waals surface area contributed by atoms with E-state index in [1.54, 1.807) is 11.6 Å². The molecule has 0 aliphatic carbocycles. The lowest BCUT2D eigenvalue weighted by Gasteiger charge is -2.12. The van der Waals surface area contributed by atoms with Crippen LogP contribution in [0.4, 0.5) is 18.9 Å². The SMILES string of the molecule is Cn1cnnc1Sc1ccc(N)cc1C(F)(F)F. The molecular formula is C10H9F3N4S. The van der Waals surface area contributed by atoms with Crippen molar-refractivity contribution in [1.82, 2.24) is 14.8 Å². The number of alkyl halides is 3. The molecule has 0 unspecified atom stereocenters. The van der Waals surface area contributed by atoms with E-state index >= 15 is 0 Å². The minimum Gasteiger partial charge on any atom is -0.399 e. The lowest BCUT2D eigenvalue weighted by atomic mass is 10.2. The Labute approximate surface area is 105 Å². The van der Waals surface area contributed by atoms with Crippen LogP contribution < -0.4 is 5.73 Å². The van der Waals surface area contributed by atoms with Crippen molar-refractivity contribution in [3.05, 3.63) is 30.1 Å². The van der Waals surface area contributed by atoms with Crippen molar-refractivity contribution in [3.8, 4) is 0 Å². The Balaban J connectivity index is 2.42. The van der Waals surface area contributed by atoms with Gasteiger partial charge in [-0.25, -0.2) is 0 Å². The van der Waals surface area contributed by atoms with Gasteiger partial charge in [0, 0.05) is 17.6 Å². The van der Waals surface area contributed by atoms with Gasteiger partial charge in [-0.05, 0) is 30.0 Å². The number of hydrogen-bond acceptors (Lipinski definition) is 4. The Kier molecular flexibility index (Phi) is 3.20. The molecule has 0 amide bonds. The number of aryl methyl sites for hydroxylation is 1. The Morgan fingerprint density at radius 1 is 1.33 bits per heavy atom. The second-order valence-corrected chi connectivity index (χ2v) is 4.59. The normalized spacial score (nSPS) is 11.8. The molecule has 2 N–H and O–H groups in total. The number of nitrogens with two attached hydrogens (primary N) is 1. The van der Waals surface area contributed by atoms with Crippen LogP contribution in [-0.2, 0) is 13.2 Å². The molecule has 0 atom stereocenters. The molecule has 0 aliphatic heterocycles. The summed E-state index contributed by atoms with van der Waals surface area (Å²) in [6.45, 7) is 0. The number of halogens is 3. The summed E-state index contributed by atoms with van der Waals surface area (Å²) in [5.41, 5.74) is 4.69. The van der Waals surface area contributed by atoms with E-state index in [2.05, 4.69) is 10.2 Å². The fraction of sp³-hybridized carbons (Fsp3) is 0.200. The highest BCUT2D eigenvalue weighted by Gasteiger charge is 2.34. The molecule has 4 nitrogen and oxygen atoms in total. The number of aromatic nitrogens is 3. The molecule has 2 aromatic rings. The number of nitrogen functional groups attached to an aromatic ring is 1. The first-order valence-corrected chi connectivity index (χ1v) is 5.68. The van der Waals surface area contributed by atoms with Gasteiger partial charge in [-0.15, -0.1) is 10.2 Å². The van der Waals surface area contributed by atoms with Crippen LogP contribution in [0.5, 0.6) is 0 Å². The first-order chi connectivity index (χ1) is 8.38. The van der Waals surface area contributed by atoms with Gasteiger partial charge in [0.05, 0.1) is 5.56 Å². The molecule has 18 heavy (non-hydrogen) atoms. The molecule has 1 heterocycles. The van der Waals surface area contributed by atoms with Gasteiger partial charge in [0.1, 0.15) is 6.33 Å². The molecule has 2 rings (SSSR count). The van der Waals surface area contributed by atoms with E-state index in [1.165, 1.54) is 18.5 Å². The van der Waals surface area contributed by atoms with E-state index in [1.807, 2.05) is 0 Å². The minimum absolute atomic E-state index is 0.0489. The van der Waals surface area contributed by atoms with Gasteiger partial charge in [-0.2, -0.15) is 13.2 Å². The van der Waals surface area contributed by atoms with Crippen LogP contribution >= 0.6 is 11.8 Å². The van der Waals surface area contributed by atoms with E-state index in [0.717, 1.165) is 17.8 Å². The van der Waals surface area contributed by atoms with Crippen LogP contribution in [0.2, 0.25) is 0 Å².